The fourth-order valence-corrected chi connectivity index (χ4v) is 1.93. The summed E-state index contributed by atoms with van der Waals surface area (Å²) in [6.07, 6.45) is 1.49. The van der Waals surface area contributed by atoms with Crippen LogP contribution < -0.4 is 4.90 Å². The number of ether oxygens (including phenoxy) is 1. The van der Waals surface area contributed by atoms with E-state index in [1.165, 1.54) is 5.69 Å². The zero-order chi connectivity index (χ0) is 9.97. The van der Waals surface area contributed by atoms with Crippen LogP contribution in [0, 0.1) is 0 Å². The van der Waals surface area contributed by atoms with E-state index in [0.29, 0.717) is 6.10 Å². The molecule has 0 aliphatic carbocycles. The van der Waals surface area contributed by atoms with E-state index < -0.39 is 0 Å². The number of rotatable bonds is 2. The molecule has 2 nitrogen and oxygen atoms in total. The van der Waals surface area contributed by atoms with Gasteiger partial charge in [-0.05, 0) is 30.7 Å². The summed E-state index contributed by atoms with van der Waals surface area (Å²) in [5, 5.41) is 0.788. The molecule has 3 heteroatoms. The minimum atomic E-state index is 0.380. The molecular weight excluding hydrogens is 198 g/mol. The highest BCUT2D eigenvalue weighted by molar-refractivity contribution is 6.30. The molecule has 1 unspecified atom stereocenters. The first-order valence-electron chi connectivity index (χ1n) is 4.83. The number of nitrogens with zero attached hydrogens (tertiary/aromatic N) is 1. The Balaban J connectivity index is 2.06. The zero-order valence-corrected chi connectivity index (χ0v) is 9.00. The third-order valence-electron chi connectivity index (χ3n) is 2.67. The van der Waals surface area contributed by atoms with Gasteiger partial charge >= 0.3 is 0 Å². The molecule has 0 saturated carbocycles. The average Bonchev–Trinajstić information content (AvgIpc) is 2.67. The van der Waals surface area contributed by atoms with Crippen molar-refractivity contribution in [2.24, 2.45) is 0 Å². The Morgan fingerprint density at radius 2 is 2.07 bits per heavy atom. The lowest BCUT2D eigenvalue weighted by atomic mass is 10.3. The Kier molecular flexibility index (Phi) is 2.94. The number of benzene rings is 1. The number of methoxy groups -OCH3 is 1. The van der Waals surface area contributed by atoms with E-state index >= 15 is 0 Å². The second-order valence-electron chi connectivity index (χ2n) is 3.57. The van der Waals surface area contributed by atoms with Gasteiger partial charge in [0.15, 0.2) is 0 Å². The van der Waals surface area contributed by atoms with Gasteiger partial charge in [0.05, 0.1) is 6.10 Å². The van der Waals surface area contributed by atoms with E-state index in [1.54, 1.807) is 7.11 Å². The van der Waals surface area contributed by atoms with Crippen LogP contribution in [-0.2, 0) is 4.74 Å². The van der Waals surface area contributed by atoms with Crippen molar-refractivity contribution in [2.75, 3.05) is 25.1 Å². The van der Waals surface area contributed by atoms with Crippen LogP contribution in [0.25, 0.3) is 0 Å². The predicted molar refractivity (Wildman–Crippen MR) is 59.1 cm³/mol. The van der Waals surface area contributed by atoms with Gasteiger partial charge in [-0.3, -0.25) is 0 Å². The molecule has 1 atom stereocenters. The van der Waals surface area contributed by atoms with Crippen LogP contribution >= 0.6 is 11.6 Å². The topological polar surface area (TPSA) is 12.5 Å². The predicted octanol–water partition coefficient (Wildman–Crippen LogP) is 2.57. The van der Waals surface area contributed by atoms with E-state index in [-0.39, 0.29) is 0 Å². The number of anilines is 1. The first kappa shape index (κ1) is 9.81. The standard InChI is InChI=1S/C11H14ClNO/c1-14-11-6-7-13(8-11)10-4-2-9(12)3-5-10/h2-5,11H,6-8H2,1H3. The van der Waals surface area contributed by atoms with E-state index in [0.717, 1.165) is 24.5 Å². The number of halogens is 1. The third kappa shape index (κ3) is 2.02. The highest BCUT2D eigenvalue weighted by atomic mass is 35.5. The monoisotopic (exact) mass is 211 g/mol. The van der Waals surface area contributed by atoms with Gasteiger partial charge < -0.3 is 9.64 Å². The summed E-state index contributed by atoms with van der Waals surface area (Å²) in [5.41, 5.74) is 1.23. The van der Waals surface area contributed by atoms with Crippen LogP contribution in [0.3, 0.4) is 0 Å². The van der Waals surface area contributed by atoms with E-state index in [1.807, 2.05) is 12.1 Å². The normalized spacial score (nSPS) is 21.6. The summed E-state index contributed by atoms with van der Waals surface area (Å²) in [4.78, 5) is 2.32. The molecule has 1 aromatic carbocycles. The molecule has 14 heavy (non-hydrogen) atoms. The SMILES string of the molecule is COC1CCN(c2ccc(Cl)cc2)C1. The van der Waals surface area contributed by atoms with Gasteiger partial charge in [0.25, 0.3) is 0 Å². The van der Waals surface area contributed by atoms with Crippen molar-refractivity contribution >= 4 is 17.3 Å². The first-order chi connectivity index (χ1) is 6.79. The van der Waals surface area contributed by atoms with Crippen molar-refractivity contribution in [3.63, 3.8) is 0 Å². The minimum Gasteiger partial charge on any atom is -0.380 e. The van der Waals surface area contributed by atoms with Crippen LogP contribution in [-0.4, -0.2) is 26.3 Å². The smallest absolute Gasteiger partial charge is 0.0762 e. The molecule has 0 aromatic heterocycles. The third-order valence-corrected chi connectivity index (χ3v) is 2.92. The molecule has 1 aromatic rings. The largest absolute Gasteiger partial charge is 0.380 e. The van der Waals surface area contributed by atoms with Crippen molar-refractivity contribution in [1.82, 2.24) is 0 Å². The quantitative estimate of drug-likeness (QED) is 0.746. The Morgan fingerprint density at radius 1 is 1.36 bits per heavy atom. The Morgan fingerprint density at radius 3 is 2.64 bits per heavy atom. The summed E-state index contributed by atoms with van der Waals surface area (Å²) in [5.74, 6) is 0. The summed E-state index contributed by atoms with van der Waals surface area (Å²) in [7, 11) is 1.77. The van der Waals surface area contributed by atoms with Crippen molar-refractivity contribution in [3.8, 4) is 0 Å². The number of hydrogen-bond donors (Lipinski definition) is 0. The summed E-state index contributed by atoms with van der Waals surface area (Å²) in [6, 6.07) is 7.97. The molecule has 1 heterocycles. The van der Waals surface area contributed by atoms with Crippen LogP contribution in [0.5, 0.6) is 0 Å². The average molecular weight is 212 g/mol. The van der Waals surface area contributed by atoms with Crippen molar-refractivity contribution in [1.29, 1.82) is 0 Å². The van der Waals surface area contributed by atoms with Crippen LogP contribution in [0.4, 0.5) is 5.69 Å². The maximum Gasteiger partial charge on any atom is 0.0762 e. The summed E-state index contributed by atoms with van der Waals surface area (Å²) < 4.78 is 5.32. The molecule has 1 aliphatic heterocycles. The lowest BCUT2D eigenvalue weighted by Gasteiger charge is -2.18. The van der Waals surface area contributed by atoms with E-state index in [9.17, 15) is 0 Å². The van der Waals surface area contributed by atoms with Crippen molar-refractivity contribution in [3.05, 3.63) is 29.3 Å². The molecule has 1 fully saturated rings. The Bertz CT molecular complexity index is 299. The molecule has 0 N–H and O–H groups in total. The van der Waals surface area contributed by atoms with Crippen LogP contribution in [0.2, 0.25) is 5.02 Å². The molecule has 0 radical (unpaired) electrons. The molecule has 0 bridgehead atoms. The molecule has 1 saturated heterocycles. The fraction of sp³-hybridized carbons (Fsp3) is 0.455. The number of hydrogen-bond acceptors (Lipinski definition) is 2. The minimum absolute atomic E-state index is 0.380. The lowest BCUT2D eigenvalue weighted by molar-refractivity contribution is 0.121. The Hall–Kier alpha value is -0.730. The maximum atomic E-state index is 5.83. The highest BCUT2D eigenvalue weighted by Gasteiger charge is 2.21. The van der Waals surface area contributed by atoms with Gasteiger partial charge in [-0.15, -0.1) is 0 Å². The second kappa shape index (κ2) is 4.20. The van der Waals surface area contributed by atoms with Gasteiger partial charge in [-0.2, -0.15) is 0 Å². The van der Waals surface area contributed by atoms with Crippen molar-refractivity contribution in [2.45, 2.75) is 12.5 Å². The summed E-state index contributed by atoms with van der Waals surface area (Å²) >= 11 is 5.83. The molecular formula is C11H14ClNO. The second-order valence-corrected chi connectivity index (χ2v) is 4.01. The van der Waals surface area contributed by atoms with Gasteiger partial charge in [-0.25, -0.2) is 0 Å². The van der Waals surface area contributed by atoms with Crippen molar-refractivity contribution < 1.29 is 4.74 Å². The molecule has 76 valence electrons. The molecule has 0 amide bonds. The maximum absolute atomic E-state index is 5.83. The van der Waals surface area contributed by atoms with Gasteiger partial charge in [0.2, 0.25) is 0 Å². The molecule has 0 spiro atoms. The van der Waals surface area contributed by atoms with Gasteiger partial charge in [0, 0.05) is 30.9 Å². The lowest BCUT2D eigenvalue weighted by Crippen LogP contribution is -2.21. The van der Waals surface area contributed by atoms with Gasteiger partial charge in [0.1, 0.15) is 0 Å². The summed E-state index contributed by atoms with van der Waals surface area (Å²) in [6.45, 7) is 2.05. The van der Waals surface area contributed by atoms with Gasteiger partial charge in [-0.1, -0.05) is 11.6 Å². The van der Waals surface area contributed by atoms with E-state index in [4.69, 9.17) is 16.3 Å². The zero-order valence-electron chi connectivity index (χ0n) is 8.24. The van der Waals surface area contributed by atoms with Crippen LogP contribution in [0.1, 0.15) is 6.42 Å². The van der Waals surface area contributed by atoms with E-state index in [2.05, 4.69) is 17.0 Å². The molecule has 2 rings (SSSR count). The molecule has 1 aliphatic rings. The highest BCUT2D eigenvalue weighted by Crippen LogP contribution is 2.22. The Labute approximate surface area is 89.4 Å². The van der Waals surface area contributed by atoms with Crippen LogP contribution in [0.15, 0.2) is 24.3 Å². The fourth-order valence-electron chi connectivity index (χ4n) is 1.81. The first-order valence-corrected chi connectivity index (χ1v) is 5.20.